The van der Waals surface area contributed by atoms with E-state index in [1.54, 1.807) is 0 Å². The zero-order chi connectivity index (χ0) is 25.7. The summed E-state index contributed by atoms with van der Waals surface area (Å²) in [5.74, 6) is -0.737. The smallest absolute Gasteiger partial charge is 0.260 e. The first-order chi connectivity index (χ1) is 15.9. The highest BCUT2D eigenvalue weighted by Crippen LogP contribution is 2.58. The van der Waals surface area contributed by atoms with Crippen molar-refractivity contribution in [3.8, 4) is 0 Å². The second-order valence-electron chi connectivity index (χ2n) is 11.6. The number of imide groups is 1. The van der Waals surface area contributed by atoms with E-state index in [2.05, 4.69) is 57.9 Å². The van der Waals surface area contributed by atoms with Gasteiger partial charge in [-0.3, -0.25) is 24.1 Å². The van der Waals surface area contributed by atoms with Gasteiger partial charge in [-0.25, -0.2) is 5.48 Å². The summed E-state index contributed by atoms with van der Waals surface area (Å²) in [6.45, 7) is 17.8. The second kappa shape index (κ2) is 12.1. The first-order valence-corrected chi connectivity index (χ1v) is 25.2. The van der Waals surface area contributed by atoms with E-state index in [1.165, 1.54) is 4.90 Å². The van der Waals surface area contributed by atoms with Gasteiger partial charge in [0.2, 0.25) is 11.8 Å². The lowest BCUT2D eigenvalue weighted by Gasteiger charge is -2.43. The molecule has 0 radical (unpaired) electrons. The average molecular weight is 537 g/mol. The molecule has 10 heteroatoms. The Bertz CT molecular complexity index is 854. The molecule has 0 bridgehead atoms. The molecule has 6 nitrogen and oxygen atoms in total. The van der Waals surface area contributed by atoms with E-state index in [1.807, 2.05) is 30.3 Å². The van der Waals surface area contributed by atoms with Crippen molar-refractivity contribution in [3.63, 3.8) is 0 Å². The van der Waals surface area contributed by atoms with Gasteiger partial charge in [0, 0.05) is 32.6 Å². The average Bonchev–Trinajstić information content (AvgIpc) is 2.87. The summed E-state index contributed by atoms with van der Waals surface area (Å²) in [5, 5.41) is 0. The minimum Gasteiger partial charge on any atom is -0.285 e. The van der Waals surface area contributed by atoms with Crippen molar-refractivity contribution in [3.05, 3.63) is 35.9 Å². The molecule has 1 unspecified atom stereocenters. The van der Waals surface area contributed by atoms with Crippen molar-refractivity contribution < 1.29 is 19.2 Å². The van der Waals surface area contributed by atoms with E-state index < -0.39 is 51.9 Å². The Kier molecular flexibility index (Phi) is 10.3. The van der Waals surface area contributed by atoms with E-state index in [0.717, 1.165) is 5.56 Å². The molecule has 0 aliphatic carbocycles. The Hall–Kier alpha value is -1.34. The van der Waals surface area contributed by atoms with Crippen molar-refractivity contribution in [1.82, 2.24) is 10.4 Å². The van der Waals surface area contributed by atoms with E-state index >= 15 is 0 Å². The van der Waals surface area contributed by atoms with Crippen LogP contribution < -0.4 is 5.48 Å². The molecule has 1 aromatic rings. The molecule has 1 heterocycles. The Balaban J connectivity index is 2.59. The lowest BCUT2D eigenvalue weighted by Crippen LogP contribution is -2.57. The van der Waals surface area contributed by atoms with Gasteiger partial charge in [0.15, 0.2) is 0 Å². The second-order valence-corrected chi connectivity index (χ2v) is 24.3. The maximum atomic E-state index is 14.2. The van der Waals surface area contributed by atoms with Crippen molar-refractivity contribution in [1.29, 1.82) is 0 Å². The number of hydroxylamine groups is 1. The highest BCUT2D eigenvalue weighted by Gasteiger charge is 2.72. The zero-order valence-corrected chi connectivity index (χ0v) is 26.9. The number of hydrogen-bond acceptors (Lipinski definition) is 4. The third-order valence-electron chi connectivity index (χ3n) is 6.49. The highest BCUT2D eigenvalue weighted by atomic mass is 28.3. The number of benzene rings is 1. The molecule has 3 amide bonds. The molecule has 0 saturated carbocycles. The molecule has 0 spiro atoms. The molecular weight excluding hydrogens is 493 g/mol. The Labute approximate surface area is 212 Å². The Morgan fingerprint density at radius 2 is 1.35 bits per heavy atom. The standard InChI is InChI=1S/C24H44N2O4Si4/c1-31(2)15-23(16-32(3)4)21(28)26(18-34(7)8)22(29)24(23,17-33(5)6)20(27)25-30-14-19-12-10-9-11-13-19/h9-13,31-34H,14-18H2,1-8H3,(H,25,27). The van der Waals surface area contributed by atoms with Crippen LogP contribution in [0.15, 0.2) is 30.3 Å². The van der Waals surface area contributed by atoms with Crippen molar-refractivity contribution in [2.24, 2.45) is 10.8 Å². The van der Waals surface area contributed by atoms with Crippen LogP contribution >= 0.6 is 0 Å². The maximum Gasteiger partial charge on any atom is 0.260 e. The van der Waals surface area contributed by atoms with Crippen molar-refractivity contribution in [2.75, 3.05) is 6.17 Å². The SMILES string of the molecule is C[SiH](C)CN1C(=O)C(C[SiH](C)C)(C[SiH](C)C)C(C[SiH](C)C)(C(=O)NOCc2ccccc2)C1=O. The number of carbonyl (C=O) groups excluding carboxylic acids is 3. The van der Waals surface area contributed by atoms with Crippen LogP contribution in [0.5, 0.6) is 0 Å². The summed E-state index contributed by atoms with van der Waals surface area (Å²) in [4.78, 5) is 49.7. The molecule has 2 rings (SSSR count). The fraction of sp³-hybridized carbons (Fsp3) is 0.625. The number of rotatable bonds is 12. The monoisotopic (exact) mass is 536 g/mol. The lowest BCUT2D eigenvalue weighted by atomic mass is 9.67. The first-order valence-electron chi connectivity index (χ1n) is 12.7. The van der Waals surface area contributed by atoms with Crippen LogP contribution in [0.1, 0.15) is 5.56 Å². The van der Waals surface area contributed by atoms with Gasteiger partial charge < -0.3 is 0 Å². The number of carbonyl (C=O) groups is 3. The molecule has 1 aromatic carbocycles. The van der Waals surface area contributed by atoms with E-state index in [9.17, 15) is 14.4 Å². The van der Waals surface area contributed by atoms with Crippen LogP contribution in [0.2, 0.25) is 70.5 Å². The van der Waals surface area contributed by atoms with E-state index in [4.69, 9.17) is 4.84 Å². The van der Waals surface area contributed by atoms with Gasteiger partial charge >= 0.3 is 0 Å². The molecule has 1 atom stereocenters. The molecule has 1 N–H and O–H groups in total. The molecule has 1 fully saturated rings. The fourth-order valence-electron chi connectivity index (χ4n) is 5.65. The van der Waals surface area contributed by atoms with Crippen LogP contribution in [-0.2, 0) is 25.8 Å². The molecule has 1 aliphatic rings. The molecule has 1 saturated heterocycles. The molecular formula is C24H44N2O4Si4. The molecule has 34 heavy (non-hydrogen) atoms. The summed E-state index contributed by atoms with van der Waals surface area (Å²) >= 11 is 0. The number of likely N-dealkylation sites (tertiary alicyclic amines) is 1. The van der Waals surface area contributed by atoms with Gasteiger partial charge in [0.05, 0.1) is 20.8 Å². The van der Waals surface area contributed by atoms with Gasteiger partial charge in [-0.1, -0.05) is 82.7 Å². The maximum absolute atomic E-state index is 14.2. The number of nitrogens with one attached hydrogen (secondary N) is 1. The van der Waals surface area contributed by atoms with Gasteiger partial charge in [-0.2, -0.15) is 0 Å². The Morgan fingerprint density at radius 1 is 0.824 bits per heavy atom. The topological polar surface area (TPSA) is 75.7 Å². The summed E-state index contributed by atoms with van der Waals surface area (Å²) < 4.78 is 0. The molecule has 190 valence electrons. The van der Waals surface area contributed by atoms with Gasteiger partial charge in [-0.05, 0) is 23.7 Å². The lowest BCUT2D eigenvalue weighted by molar-refractivity contribution is -0.157. The van der Waals surface area contributed by atoms with Crippen molar-refractivity contribution >= 4 is 52.9 Å². The third-order valence-corrected chi connectivity index (χ3v) is 12.0. The number of amides is 3. The first kappa shape index (κ1) is 28.9. The van der Waals surface area contributed by atoms with Crippen LogP contribution in [0.4, 0.5) is 0 Å². The predicted molar refractivity (Wildman–Crippen MR) is 151 cm³/mol. The van der Waals surface area contributed by atoms with Crippen LogP contribution in [-0.4, -0.2) is 64.0 Å². The number of nitrogens with zero attached hydrogens (tertiary/aromatic N) is 1. The normalized spacial score (nSPS) is 20.3. The highest BCUT2D eigenvalue weighted by molar-refractivity contribution is 6.61. The van der Waals surface area contributed by atoms with Crippen LogP contribution in [0, 0.1) is 10.8 Å². The van der Waals surface area contributed by atoms with E-state index in [0.29, 0.717) is 24.3 Å². The van der Waals surface area contributed by atoms with Crippen LogP contribution in [0.25, 0.3) is 0 Å². The molecule has 1 aliphatic heterocycles. The van der Waals surface area contributed by atoms with Gasteiger partial charge in [0.1, 0.15) is 5.41 Å². The minimum absolute atomic E-state index is 0.0750. The van der Waals surface area contributed by atoms with Crippen LogP contribution in [0.3, 0.4) is 0 Å². The molecule has 0 aromatic heterocycles. The quantitative estimate of drug-likeness (QED) is 0.193. The summed E-state index contributed by atoms with van der Waals surface area (Å²) in [5.41, 5.74) is 1.33. The minimum atomic E-state index is -1.42. The zero-order valence-electron chi connectivity index (χ0n) is 22.3. The fourth-order valence-corrected chi connectivity index (χ4v) is 13.2. The third kappa shape index (κ3) is 6.07. The number of hydrogen-bond donors (Lipinski definition) is 1. The summed E-state index contributed by atoms with van der Waals surface area (Å²) in [7, 11) is -5.27. The Morgan fingerprint density at radius 3 is 1.82 bits per heavy atom. The van der Waals surface area contributed by atoms with Crippen molar-refractivity contribution in [2.45, 2.75) is 77.1 Å². The van der Waals surface area contributed by atoms with Gasteiger partial charge in [0.25, 0.3) is 5.91 Å². The van der Waals surface area contributed by atoms with E-state index in [-0.39, 0.29) is 18.4 Å². The predicted octanol–water partition coefficient (Wildman–Crippen LogP) is 3.06. The largest absolute Gasteiger partial charge is 0.285 e. The van der Waals surface area contributed by atoms with Gasteiger partial charge in [-0.15, -0.1) is 0 Å². The summed E-state index contributed by atoms with van der Waals surface area (Å²) in [6.07, 6.45) is 0.498. The summed E-state index contributed by atoms with van der Waals surface area (Å²) in [6, 6.07) is 11.5.